The van der Waals surface area contributed by atoms with Gasteiger partial charge < -0.3 is 24.3 Å². The highest BCUT2D eigenvalue weighted by Crippen LogP contribution is 2.33. The van der Waals surface area contributed by atoms with Crippen LogP contribution < -0.4 is 14.9 Å². The molecular weight excluding hydrogens is 534 g/mol. The van der Waals surface area contributed by atoms with Crippen LogP contribution in [-0.4, -0.2) is 94.4 Å². The molecule has 2 fully saturated rings. The number of benzene rings is 1. The van der Waals surface area contributed by atoms with Gasteiger partial charge >= 0.3 is 10.2 Å². The maximum absolute atomic E-state index is 12.8. The first-order valence-electron chi connectivity index (χ1n) is 13.5. The molecule has 1 aromatic carbocycles. The zero-order chi connectivity index (χ0) is 27.5. The van der Waals surface area contributed by atoms with Crippen molar-refractivity contribution >= 4 is 40.8 Å². The maximum atomic E-state index is 12.8. The fraction of sp³-hybridized carbons (Fsp3) is 0.538. The Morgan fingerprint density at radius 3 is 2.46 bits per heavy atom. The van der Waals surface area contributed by atoms with Gasteiger partial charge in [0.2, 0.25) is 0 Å². The second kappa shape index (κ2) is 11.9. The molecule has 0 aliphatic carbocycles. The Balaban J connectivity index is 1.44. The van der Waals surface area contributed by atoms with Crippen molar-refractivity contribution in [3.63, 3.8) is 0 Å². The Hall–Kier alpha value is -2.55. The lowest BCUT2D eigenvalue weighted by Crippen LogP contribution is -2.48. The van der Waals surface area contributed by atoms with Gasteiger partial charge in [0.25, 0.3) is 0 Å². The van der Waals surface area contributed by atoms with Crippen LogP contribution in [-0.2, 0) is 26.4 Å². The van der Waals surface area contributed by atoms with E-state index in [4.69, 9.17) is 9.47 Å². The number of hydrogen-bond donors (Lipinski definition) is 2. The van der Waals surface area contributed by atoms with Crippen molar-refractivity contribution in [1.82, 2.24) is 24.2 Å². The predicted octanol–water partition coefficient (Wildman–Crippen LogP) is 2.81. The van der Waals surface area contributed by atoms with Crippen LogP contribution in [0.5, 0.6) is 0 Å². The highest BCUT2D eigenvalue weighted by Gasteiger charge is 2.24. The van der Waals surface area contributed by atoms with Gasteiger partial charge in [-0.2, -0.15) is 12.7 Å². The van der Waals surface area contributed by atoms with E-state index in [9.17, 15) is 8.42 Å². The molecule has 2 aliphatic rings. The number of anilines is 2. The smallest absolute Gasteiger partial charge is 0.301 e. The van der Waals surface area contributed by atoms with Crippen molar-refractivity contribution < 1.29 is 17.9 Å². The van der Waals surface area contributed by atoms with Crippen LogP contribution in [0.25, 0.3) is 22.3 Å². The predicted molar refractivity (Wildman–Crippen MR) is 157 cm³/mol. The Bertz CT molecular complexity index is 1360. The monoisotopic (exact) mass is 573 g/mol. The fourth-order valence-corrected chi connectivity index (χ4v) is 6.77. The third-order valence-corrected chi connectivity index (χ3v) is 10.3. The van der Waals surface area contributed by atoms with E-state index in [1.54, 1.807) is 18.5 Å². The first-order chi connectivity index (χ1) is 18.7. The lowest BCUT2D eigenvalue weighted by atomic mass is 10.1. The minimum atomic E-state index is -3.60. The molecule has 0 saturated carbocycles. The van der Waals surface area contributed by atoms with Crippen molar-refractivity contribution in [2.75, 3.05) is 68.7 Å². The SMILES string of the molecule is C[Si](C)(C)CCOCn1c(-c2ccc(NS(=O)(=O)N3CCNCC3)cc2)cc2c(N3CCOCC3)ncnc21. The summed E-state index contributed by atoms with van der Waals surface area (Å²) < 4.78 is 43.6. The molecule has 2 saturated heterocycles. The van der Waals surface area contributed by atoms with E-state index in [2.05, 4.69) is 55.2 Å². The third kappa shape index (κ3) is 6.79. The molecule has 2 aromatic heterocycles. The number of aromatic nitrogens is 3. The summed E-state index contributed by atoms with van der Waals surface area (Å²) in [6.45, 7) is 13.2. The Kier molecular flexibility index (Phi) is 8.54. The number of hydrogen-bond acceptors (Lipinski definition) is 8. The summed E-state index contributed by atoms with van der Waals surface area (Å²) >= 11 is 0. The van der Waals surface area contributed by atoms with Gasteiger partial charge in [-0.25, -0.2) is 9.97 Å². The number of nitrogens with zero attached hydrogens (tertiary/aromatic N) is 5. The van der Waals surface area contributed by atoms with Gasteiger partial charge in [-0.15, -0.1) is 0 Å². The van der Waals surface area contributed by atoms with Crippen molar-refractivity contribution in [3.8, 4) is 11.3 Å². The van der Waals surface area contributed by atoms with E-state index in [0.717, 1.165) is 47.2 Å². The van der Waals surface area contributed by atoms with Crippen LogP contribution in [0.3, 0.4) is 0 Å². The summed E-state index contributed by atoms with van der Waals surface area (Å²) in [5, 5.41) is 4.14. The molecule has 0 amide bonds. The van der Waals surface area contributed by atoms with Gasteiger partial charge in [-0.3, -0.25) is 4.72 Å². The van der Waals surface area contributed by atoms with Crippen LogP contribution in [0.15, 0.2) is 36.7 Å². The number of morpholine rings is 1. The van der Waals surface area contributed by atoms with Crippen LogP contribution in [0, 0.1) is 0 Å². The summed E-state index contributed by atoms with van der Waals surface area (Å²) in [6, 6.07) is 10.7. The van der Waals surface area contributed by atoms with Gasteiger partial charge in [0.15, 0.2) is 0 Å². The molecule has 0 radical (unpaired) electrons. The first-order valence-corrected chi connectivity index (χ1v) is 18.7. The van der Waals surface area contributed by atoms with Gasteiger partial charge in [-0.1, -0.05) is 31.8 Å². The molecule has 212 valence electrons. The van der Waals surface area contributed by atoms with Crippen molar-refractivity contribution in [2.45, 2.75) is 32.4 Å². The van der Waals surface area contributed by atoms with E-state index in [1.807, 2.05) is 12.1 Å². The number of rotatable bonds is 10. The van der Waals surface area contributed by atoms with Crippen molar-refractivity contribution in [2.24, 2.45) is 0 Å². The summed E-state index contributed by atoms with van der Waals surface area (Å²) in [5.74, 6) is 0.894. The zero-order valence-electron chi connectivity index (χ0n) is 23.0. The fourth-order valence-electron chi connectivity index (χ4n) is 4.79. The number of nitrogens with one attached hydrogen (secondary N) is 2. The summed E-state index contributed by atoms with van der Waals surface area (Å²) in [7, 11) is -4.82. The minimum Gasteiger partial charge on any atom is -0.378 e. The van der Waals surface area contributed by atoms with Gasteiger partial charge in [0.05, 0.1) is 24.3 Å². The largest absolute Gasteiger partial charge is 0.378 e. The van der Waals surface area contributed by atoms with E-state index in [-0.39, 0.29) is 0 Å². The molecule has 13 heteroatoms. The summed E-state index contributed by atoms with van der Waals surface area (Å²) in [6.07, 6.45) is 1.61. The molecule has 0 spiro atoms. The highest BCUT2D eigenvalue weighted by molar-refractivity contribution is 7.90. The molecule has 4 heterocycles. The van der Waals surface area contributed by atoms with Crippen molar-refractivity contribution in [1.29, 1.82) is 0 Å². The molecule has 11 nitrogen and oxygen atoms in total. The van der Waals surface area contributed by atoms with Crippen LogP contribution in [0.2, 0.25) is 25.7 Å². The average molecular weight is 574 g/mol. The molecule has 0 bridgehead atoms. The molecule has 2 N–H and O–H groups in total. The normalized spacial score (nSPS) is 17.6. The summed E-state index contributed by atoms with van der Waals surface area (Å²) in [5.41, 5.74) is 3.24. The van der Waals surface area contributed by atoms with Crippen LogP contribution in [0.4, 0.5) is 11.5 Å². The van der Waals surface area contributed by atoms with Gasteiger partial charge in [-0.05, 0) is 29.8 Å². The maximum Gasteiger partial charge on any atom is 0.301 e. The first kappa shape index (κ1) is 28.0. The number of ether oxygens (including phenoxy) is 2. The average Bonchev–Trinajstić information content (AvgIpc) is 3.30. The Labute approximate surface area is 231 Å². The Morgan fingerprint density at radius 2 is 1.77 bits per heavy atom. The quantitative estimate of drug-likeness (QED) is 0.281. The minimum absolute atomic E-state index is 0.375. The topological polar surface area (TPSA) is 114 Å². The molecule has 0 atom stereocenters. The van der Waals surface area contributed by atoms with Crippen LogP contribution >= 0.6 is 0 Å². The molecular formula is C26H39N7O4SSi. The van der Waals surface area contributed by atoms with Gasteiger partial charge in [0, 0.05) is 59.6 Å². The van der Waals surface area contributed by atoms with E-state index in [0.29, 0.717) is 58.4 Å². The van der Waals surface area contributed by atoms with E-state index >= 15 is 0 Å². The second-order valence-corrected chi connectivity index (χ2v) is 18.5. The highest BCUT2D eigenvalue weighted by atomic mass is 32.2. The van der Waals surface area contributed by atoms with Crippen molar-refractivity contribution in [3.05, 3.63) is 36.7 Å². The second-order valence-electron chi connectivity index (χ2n) is 11.2. The standard InChI is InChI=1S/C26H39N7O4SSi/c1-39(2,3)17-16-37-20-33-24(18-23-25(28-19-29-26(23)33)31-12-14-36-15-13-31)21-4-6-22(7-5-21)30-38(34,35)32-10-8-27-9-11-32/h4-7,18-19,27,30H,8-17,20H2,1-3H3. The van der Waals surface area contributed by atoms with E-state index in [1.165, 1.54) is 4.31 Å². The molecule has 5 rings (SSSR count). The summed E-state index contributed by atoms with van der Waals surface area (Å²) in [4.78, 5) is 11.5. The molecule has 39 heavy (non-hydrogen) atoms. The zero-order valence-corrected chi connectivity index (χ0v) is 24.8. The number of fused-ring (bicyclic) bond motifs is 1. The lowest BCUT2D eigenvalue weighted by molar-refractivity contribution is 0.0909. The lowest BCUT2D eigenvalue weighted by Gasteiger charge is -2.28. The molecule has 3 aromatic rings. The number of piperazine rings is 1. The molecule has 0 unspecified atom stereocenters. The van der Waals surface area contributed by atoms with Gasteiger partial charge in [0.1, 0.15) is 24.5 Å². The van der Waals surface area contributed by atoms with E-state index < -0.39 is 18.3 Å². The third-order valence-electron chi connectivity index (χ3n) is 7.04. The Morgan fingerprint density at radius 1 is 1.05 bits per heavy atom. The molecule has 2 aliphatic heterocycles. The van der Waals surface area contributed by atoms with Crippen LogP contribution in [0.1, 0.15) is 0 Å².